The topological polar surface area (TPSA) is 73.1 Å². The minimum absolute atomic E-state index is 0.00606. The number of phenols is 1. The third kappa shape index (κ3) is 2.45. The lowest BCUT2D eigenvalue weighted by molar-refractivity contribution is -0.313. The highest BCUT2D eigenvalue weighted by atomic mass is 19.4. The molecular formula is C16H17F3N2O3. The summed E-state index contributed by atoms with van der Waals surface area (Å²) in [6.07, 6.45) is -3.92. The first-order valence-corrected chi connectivity index (χ1v) is 7.64. The van der Waals surface area contributed by atoms with Crippen molar-refractivity contribution in [3.63, 3.8) is 0 Å². The first kappa shape index (κ1) is 16.8. The van der Waals surface area contributed by atoms with Crippen LogP contribution in [0.4, 0.5) is 13.2 Å². The number of phenolic OH excluding ortho intramolecular Hbond substituents is 1. The van der Waals surface area contributed by atoms with Crippen LogP contribution in [0.5, 0.6) is 5.75 Å². The molecule has 1 saturated carbocycles. The van der Waals surface area contributed by atoms with E-state index in [2.05, 4.69) is 5.10 Å². The Hall–Kier alpha value is -2.09. The number of carbonyl (C=O) groups is 1. The zero-order valence-electron chi connectivity index (χ0n) is 12.9. The molecule has 24 heavy (non-hydrogen) atoms. The van der Waals surface area contributed by atoms with Gasteiger partial charge < -0.3 is 10.2 Å². The molecule has 0 radical (unpaired) electrons. The van der Waals surface area contributed by atoms with E-state index in [0.717, 1.165) is 0 Å². The number of alkyl halides is 3. The average molecular weight is 342 g/mol. The SMILES string of the molecule is C[C@@H]1CCC2=NN(C(=O)c3ccc(O)cc3)[C@@](O)(C(F)(F)F)[C@H]2C1. The first-order valence-electron chi connectivity index (χ1n) is 7.64. The molecule has 0 saturated heterocycles. The monoisotopic (exact) mass is 342 g/mol. The van der Waals surface area contributed by atoms with Gasteiger partial charge in [0.25, 0.3) is 11.6 Å². The Morgan fingerprint density at radius 2 is 1.96 bits per heavy atom. The fourth-order valence-electron chi connectivity index (χ4n) is 3.34. The fourth-order valence-corrected chi connectivity index (χ4v) is 3.34. The molecule has 8 heteroatoms. The van der Waals surface area contributed by atoms with Gasteiger partial charge in [0.2, 0.25) is 0 Å². The molecule has 0 spiro atoms. The lowest BCUT2D eigenvalue weighted by Gasteiger charge is -2.39. The van der Waals surface area contributed by atoms with Crippen molar-refractivity contribution in [3.8, 4) is 5.75 Å². The molecule has 1 amide bonds. The summed E-state index contributed by atoms with van der Waals surface area (Å²) in [6, 6.07) is 4.77. The fraction of sp³-hybridized carbons (Fsp3) is 0.500. The van der Waals surface area contributed by atoms with Gasteiger partial charge in [0, 0.05) is 11.3 Å². The molecule has 2 aliphatic rings. The van der Waals surface area contributed by atoms with Gasteiger partial charge >= 0.3 is 6.18 Å². The second-order valence-corrected chi connectivity index (χ2v) is 6.41. The van der Waals surface area contributed by atoms with Crippen molar-refractivity contribution >= 4 is 11.6 Å². The van der Waals surface area contributed by atoms with Gasteiger partial charge in [0.15, 0.2) is 0 Å². The molecule has 0 unspecified atom stereocenters. The van der Waals surface area contributed by atoms with E-state index >= 15 is 0 Å². The van der Waals surface area contributed by atoms with Gasteiger partial charge in [-0.2, -0.15) is 23.3 Å². The number of fused-ring (bicyclic) bond motifs is 1. The van der Waals surface area contributed by atoms with E-state index in [1.807, 2.05) is 6.92 Å². The van der Waals surface area contributed by atoms with Crippen LogP contribution in [0.3, 0.4) is 0 Å². The van der Waals surface area contributed by atoms with Crippen LogP contribution in [0.25, 0.3) is 0 Å². The van der Waals surface area contributed by atoms with Crippen molar-refractivity contribution < 1.29 is 28.2 Å². The highest BCUT2D eigenvalue weighted by Crippen LogP contribution is 2.49. The zero-order chi connectivity index (χ0) is 17.7. The summed E-state index contributed by atoms with van der Waals surface area (Å²) < 4.78 is 41.0. The van der Waals surface area contributed by atoms with Crippen LogP contribution in [0.15, 0.2) is 29.4 Å². The van der Waals surface area contributed by atoms with Crippen molar-refractivity contribution in [2.45, 2.75) is 38.1 Å². The van der Waals surface area contributed by atoms with E-state index < -0.39 is 23.7 Å². The smallest absolute Gasteiger partial charge is 0.439 e. The molecule has 0 bridgehead atoms. The molecular weight excluding hydrogens is 325 g/mol. The maximum Gasteiger partial charge on any atom is 0.439 e. The number of hydrogen-bond donors (Lipinski definition) is 2. The van der Waals surface area contributed by atoms with E-state index in [4.69, 9.17) is 0 Å². The number of aliphatic hydroxyl groups is 1. The lowest BCUT2D eigenvalue weighted by Crippen LogP contribution is -2.61. The molecule has 2 N–H and O–H groups in total. The van der Waals surface area contributed by atoms with Crippen LogP contribution in [0.1, 0.15) is 36.5 Å². The third-order valence-corrected chi connectivity index (χ3v) is 4.69. The van der Waals surface area contributed by atoms with Gasteiger partial charge in [-0.3, -0.25) is 4.79 Å². The minimum Gasteiger partial charge on any atom is -0.508 e. The van der Waals surface area contributed by atoms with Crippen LogP contribution in [0, 0.1) is 11.8 Å². The first-order chi connectivity index (χ1) is 11.1. The van der Waals surface area contributed by atoms with Gasteiger partial charge in [-0.15, -0.1) is 0 Å². The predicted octanol–water partition coefficient (Wildman–Crippen LogP) is 2.89. The molecule has 1 heterocycles. The lowest BCUT2D eigenvalue weighted by atomic mass is 9.76. The van der Waals surface area contributed by atoms with E-state index in [9.17, 15) is 28.2 Å². The van der Waals surface area contributed by atoms with Gasteiger partial charge in [-0.1, -0.05) is 6.92 Å². The summed E-state index contributed by atoms with van der Waals surface area (Å²) in [7, 11) is 0. The standard InChI is InChI=1S/C16H17F3N2O3/c1-9-2-7-13-12(8-9)15(24,16(17,18)19)21(20-13)14(23)10-3-5-11(22)6-4-10/h3-6,9,12,22,24H,2,7-8H2,1H3/t9-,12+,15+/m1/s1. The molecule has 0 aromatic heterocycles. The normalized spacial score (nSPS) is 30.0. The average Bonchev–Trinajstić information content (AvgIpc) is 2.81. The quantitative estimate of drug-likeness (QED) is 0.824. The Labute approximate surface area is 136 Å². The largest absolute Gasteiger partial charge is 0.508 e. The van der Waals surface area contributed by atoms with Gasteiger partial charge in [0.1, 0.15) is 5.75 Å². The minimum atomic E-state index is -5.04. The predicted molar refractivity (Wildman–Crippen MR) is 79.2 cm³/mol. The number of halogens is 3. The number of nitrogens with zero attached hydrogens (tertiary/aromatic N) is 2. The van der Waals surface area contributed by atoms with Crippen LogP contribution in [-0.2, 0) is 0 Å². The molecule has 5 nitrogen and oxygen atoms in total. The number of aromatic hydroxyl groups is 1. The summed E-state index contributed by atoms with van der Waals surface area (Å²) in [5, 5.41) is 23.7. The summed E-state index contributed by atoms with van der Waals surface area (Å²) in [5.74, 6) is -2.41. The number of hydrazone groups is 1. The van der Waals surface area contributed by atoms with Crippen LogP contribution >= 0.6 is 0 Å². The summed E-state index contributed by atoms with van der Waals surface area (Å²) >= 11 is 0. The maximum atomic E-state index is 13.7. The Morgan fingerprint density at radius 3 is 2.54 bits per heavy atom. The third-order valence-electron chi connectivity index (χ3n) is 4.69. The van der Waals surface area contributed by atoms with Crippen LogP contribution in [-0.4, -0.2) is 38.7 Å². The molecule has 3 atom stereocenters. The number of amides is 1. The zero-order valence-corrected chi connectivity index (χ0v) is 12.9. The Bertz CT molecular complexity index is 687. The summed E-state index contributed by atoms with van der Waals surface area (Å²) in [4.78, 5) is 12.5. The van der Waals surface area contributed by atoms with Crippen molar-refractivity contribution in [1.29, 1.82) is 0 Å². The van der Waals surface area contributed by atoms with Crippen molar-refractivity contribution in [2.75, 3.05) is 0 Å². The summed E-state index contributed by atoms with van der Waals surface area (Å²) in [6.45, 7) is 1.82. The number of benzene rings is 1. The van der Waals surface area contributed by atoms with Crippen molar-refractivity contribution in [3.05, 3.63) is 29.8 Å². The Morgan fingerprint density at radius 1 is 1.33 bits per heavy atom. The molecule has 130 valence electrons. The number of hydrogen-bond acceptors (Lipinski definition) is 4. The molecule has 1 fully saturated rings. The van der Waals surface area contributed by atoms with Crippen molar-refractivity contribution in [2.24, 2.45) is 16.9 Å². The summed E-state index contributed by atoms with van der Waals surface area (Å²) in [5.41, 5.74) is -3.22. The second-order valence-electron chi connectivity index (χ2n) is 6.41. The number of carbonyl (C=O) groups excluding carboxylic acids is 1. The van der Waals surface area contributed by atoms with Gasteiger partial charge in [-0.25, -0.2) is 0 Å². The molecule has 1 aromatic carbocycles. The van der Waals surface area contributed by atoms with Crippen molar-refractivity contribution in [1.82, 2.24) is 5.01 Å². The van der Waals surface area contributed by atoms with Crippen LogP contribution in [0.2, 0.25) is 0 Å². The highest BCUT2D eigenvalue weighted by molar-refractivity contribution is 5.99. The highest BCUT2D eigenvalue weighted by Gasteiger charge is 2.68. The maximum absolute atomic E-state index is 13.7. The molecule has 3 rings (SSSR count). The van der Waals surface area contributed by atoms with E-state index in [1.165, 1.54) is 24.3 Å². The molecule has 1 aromatic rings. The van der Waals surface area contributed by atoms with Gasteiger partial charge in [-0.05, 0) is 49.4 Å². The van der Waals surface area contributed by atoms with E-state index in [0.29, 0.717) is 12.8 Å². The van der Waals surface area contributed by atoms with E-state index in [1.54, 1.807) is 0 Å². The molecule has 1 aliphatic heterocycles. The Kier molecular flexibility index (Phi) is 3.82. The Balaban J connectivity index is 2.03. The molecule has 1 aliphatic carbocycles. The van der Waals surface area contributed by atoms with Gasteiger partial charge in [0.05, 0.1) is 5.92 Å². The van der Waals surface area contributed by atoms with Crippen LogP contribution < -0.4 is 0 Å². The number of rotatable bonds is 1. The second kappa shape index (κ2) is 5.47. The van der Waals surface area contributed by atoms with E-state index in [-0.39, 0.29) is 34.4 Å².